The monoisotopic (exact) mass is 205 g/mol. The zero-order valence-electron chi connectivity index (χ0n) is 8.40. The second-order valence-corrected chi connectivity index (χ2v) is 3.17. The van der Waals surface area contributed by atoms with Crippen molar-refractivity contribution in [1.82, 2.24) is 4.98 Å². The Hall–Kier alpha value is -1.84. The summed E-state index contributed by atoms with van der Waals surface area (Å²) in [5.74, 6) is -0.0169. The van der Waals surface area contributed by atoms with Gasteiger partial charge < -0.3 is 9.15 Å². The molecule has 0 amide bonds. The van der Waals surface area contributed by atoms with Gasteiger partial charge in [-0.1, -0.05) is 18.2 Å². The van der Waals surface area contributed by atoms with Gasteiger partial charge in [-0.05, 0) is 12.8 Å². The van der Waals surface area contributed by atoms with E-state index >= 15 is 0 Å². The van der Waals surface area contributed by atoms with Crippen LogP contribution in [0.25, 0.3) is 5.57 Å². The van der Waals surface area contributed by atoms with Crippen LogP contribution in [0.4, 0.5) is 0 Å². The van der Waals surface area contributed by atoms with Crippen LogP contribution in [0, 0.1) is 0 Å². The zero-order chi connectivity index (χ0) is 10.7. The van der Waals surface area contributed by atoms with Crippen molar-refractivity contribution in [1.29, 1.82) is 0 Å². The van der Waals surface area contributed by atoms with Crippen molar-refractivity contribution in [2.24, 2.45) is 0 Å². The molecular formula is C11H11NO3. The number of methoxy groups -OCH3 is 1. The molecule has 1 heterocycles. The molecule has 1 aromatic rings. The van der Waals surface area contributed by atoms with Crippen LogP contribution in [-0.2, 0) is 4.74 Å². The maximum absolute atomic E-state index is 11.1. The largest absolute Gasteiger partial charge is 0.464 e. The van der Waals surface area contributed by atoms with Gasteiger partial charge in [0, 0.05) is 5.57 Å². The summed E-state index contributed by atoms with van der Waals surface area (Å²) in [7, 11) is 1.32. The molecule has 1 aliphatic carbocycles. The number of hydrogen-bond acceptors (Lipinski definition) is 4. The Kier molecular flexibility index (Phi) is 2.67. The highest BCUT2D eigenvalue weighted by Crippen LogP contribution is 2.20. The molecule has 0 N–H and O–H groups in total. The molecule has 4 nitrogen and oxygen atoms in total. The number of hydrogen-bond donors (Lipinski definition) is 0. The lowest BCUT2D eigenvalue weighted by Gasteiger charge is -2.01. The summed E-state index contributed by atoms with van der Waals surface area (Å²) in [6.45, 7) is 0. The molecule has 2 rings (SSSR count). The Balaban J connectivity index is 2.23. The van der Waals surface area contributed by atoms with Gasteiger partial charge in [-0.25, -0.2) is 9.78 Å². The van der Waals surface area contributed by atoms with Crippen molar-refractivity contribution in [3.63, 3.8) is 0 Å². The fourth-order valence-electron chi connectivity index (χ4n) is 1.38. The van der Waals surface area contributed by atoms with Gasteiger partial charge in [0.1, 0.15) is 6.26 Å². The summed E-state index contributed by atoms with van der Waals surface area (Å²) in [6.07, 6.45) is 9.35. The molecule has 0 fully saturated rings. The van der Waals surface area contributed by atoms with Crippen LogP contribution in [0.2, 0.25) is 0 Å². The third-order valence-electron chi connectivity index (χ3n) is 2.14. The Bertz CT molecular complexity index is 429. The molecule has 0 saturated carbocycles. The Morgan fingerprint density at radius 3 is 3.07 bits per heavy atom. The molecule has 0 saturated heterocycles. The molecule has 1 aliphatic rings. The molecule has 1 aromatic heterocycles. The maximum atomic E-state index is 11.1. The first kappa shape index (κ1) is 9.71. The number of ether oxygens (including phenoxy) is 1. The van der Waals surface area contributed by atoms with E-state index in [1.807, 2.05) is 12.2 Å². The van der Waals surface area contributed by atoms with E-state index < -0.39 is 5.97 Å². The van der Waals surface area contributed by atoms with Crippen molar-refractivity contribution in [2.75, 3.05) is 7.11 Å². The van der Waals surface area contributed by atoms with E-state index in [2.05, 4.69) is 15.8 Å². The second-order valence-electron chi connectivity index (χ2n) is 3.17. The maximum Gasteiger partial charge on any atom is 0.360 e. The number of allylic oxidation sites excluding steroid dienone is 4. The first-order chi connectivity index (χ1) is 7.31. The van der Waals surface area contributed by atoms with Crippen LogP contribution in [0.1, 0.15) is 29.2 Å². The zero-order valence-corrected chi connectivity index (χ0v) is 8.40. The Morgan fingerprint density at radius 2 is 2.40 bits per heavy atom. The van der Waals surface area contributed by atoms with Gasteiger partial charge in [-0.2, -0.15) is 0 Å². The number of esters is 1. The predicted octanol–water partition coefficient (Wildman–Crippen LogP) is 2.19. The third kappa shape index (κ3) is 1.98. The summed E-state index contributed by atoms with van der Waals surface area (Å²) in [5.41, 5.74) is 1.11. The smallest absolute Gasteiger partial charge is 0.360 e. The van der Waals surface area contributed by atoms with Gasteiger partial charge in [0.05, 0.1) is 7.11 Å². The van der Waals surface area contributed by atoms with Crippen LogP contribution in [0.5, 0.6) is 0 Å². The minimum absolute atomic E-state index is 0.201. The number of nitrogens with zero attached hydrogens (tertiary/aromatic N) is 1. The molecule has 0 aliphatic heterocycles. The van der Waals surface area contributed by atoms with Crippen LogP contribution in [-0.4, -0.2) is 18.1 Å². The first-order valence-electron chi connectivity index (χ1n) is 4.72. The van der Waals surface area contributed by atoms with E-state index in [0.29, 0.717) is 5.89 Å². The summed E-state index contributed by atoms with van der Waals surface area (Å²) in [4.78, 5) is 15.2. The highest BCUT2D eigenvalue weighted by Gasteiger charge is 2.14. The van der Waals surface area contributed by atoms with Crippen LogP contribution in [0.3, 0.4) is 0 Å². The molecule has 0 atom stereocenters. The lowest BCUT2D eigenvalue weighted by Crippen LogP contribution is -2.01. The number of carbonyl (C=O) groups is 1. The SMILES string of the molecule is COC(=O)c1coc(C2=CCCC=C2)n1. The van der Waals surface area contributed by atoms with E-state index in [1.165, 1.54) is 13.4 Å². The molecule has 0 radical (unpaired) electrons. The Morgan fingerprint density at radius 1 is 1.53 bits per heavy atom. The fraction of sp³-hybridized carbons (Fsp3) is 0.273. The number of rotatable bonds is 2. The molecular weight excluding hydrogens is 194 g/mol. The normalized spacial score (nSPS) is 14.9. The number of carbonyl (C=O) groups excluding carboxylic acids is 1. The fourth-order valence-corrected chi connectivity index (χ4v) is 1.38. The first-order valence-corrected chi connectivity index (χ1v) is 4.72. The van der Waals surface area contributed by atoms with Gasteiger partial charge in [-0.15, -0.1) is 0 Å². The minimum Gasteiger partial charge on any atom is -0.464 e. The molecule has 0 spiro atoms. The highest BCUT2D eigenvalue weighted by atomic mass is 16.5. The topological polar surface area (TPSA) is 52.3 Å². The average Bonchev–Trinajstić information content (AvgIpc) is 2.78. The lowest BCUT2D eigenvalue weighted by atomic mass is 10.1. The second kappa shape index (κ2) is 4.13. The van der Waals surface area contributed by atoms with Gasteiger partial charge in [0.15, 0.2) is 5.69 Å². The van der Waals surface area contributed by atoms with E-state index in [1.54, 1.807) is 0 Å². The molecule has 0 bridgehead atoms. The predicted molar refractivity (Wildman–Crippen MR) is 54.2 cm³/mol. The van der Waals surface area contributed by atoms with Crippen LogP contribution < -0.4 is 0 Å². The molecule has 78 valence electrons. The molecule has 15 heavy (non-hydrogen) atoms. The summed E-state index contributed by atoms with van der Waals surface area (Å²) < 4.78 is 9.73. The van der Waals surface area contributed by atoms with Gasteiger partial charge in [-0.3, -0.25) is 0 Å². The van der Waals surface area contributed by atoms with Crippen molar-refractivity contribution >= 4 is 11.5 Å². The third-order valence-corrected chi connectivity index (χ3v) is 2.14. The highest BCUT2D eigenvalue weighted by molar-refractivity contribution is 5.87. The minimum atomic E-state index is -0.481. The van der Waals surface area contributed by atoms with E-state index in [9.17, 15) is 4.79 Å². The number of oxazole rings is 1. The lowest BCUT2D eigenvalue weighted by molar-refractivity contribution is 0.0594. The van der Waals surface area contributed by atoms with Crippen molar-refractivity contribution in [3.05, 3.63) is 36.1 Å². The van der Waals surface area contributed by atoms with E-state index in [-0.39, 0.29) is 5.69 Å². The standard InChI is InChI=1S/C11H11NO3/c1-14-11(13)9-7-15-10(12-9)8-5-3-2-4-6-8/h3,5-7H,2,4H2,1H3. The van der Waals surface area contributed by atoms with Crippen LogP contribution >= 0.6 is 0 Å². The van der Waals surface area contributed by atoms with Crippen molar-refractivity contribution in [2.45, 2.75) is 12.8 Å². The van der Waals surface area contributed by atoms with E-state index in [4.69, 9.17) is 4.42 Å². The van der Waals surface area contributed by atoms with Crippen molar-refractivity contribution in [3.8, 4) is 0 Å². The number of aromatic nitrogens is 1. The van der Waals surface area contributed by atoms with Crippen LogP contribution in [0.15, 0.2) is 28.9 Å². The quantitative estimate of drug-likeness (QED) is 0.694. The Labute approximate surface area is 87.3 Å². The molecule has 0 aromatic carbocycles. The summed E-state index contributed by atoms with van der Waals surface area (Å²) >= 11 is 0. The average molecular weight is 205 g/mol. The van der Waals surface area contributed by atoms with E-state index in [0.717, 1.165) is 18.4 Å². The van der Waals surface area contributed by atoms with Crippen molar-refractivity contribution < 1.29 is 13.9 Å². The summed E-state index contributed by atoms with van der Waals surface area (Å²) in [5, 5.41) is 0. The van der Waals surface area contributed by atoms with Gasteiger partial charge in [0.25, 0.3) is 0 Å². The molecule has 0 unspecified atom stereocenters. The van der Waals surface area contributed by atoms with Gasteiger partial charge in [0.2, 0.25) is 5.89 Å². The summed E-state index contributed by atoms with van der Waals surface area (Å²) in [6, 6.07) is 0. The molecule has 4 heteroatoms. The van der Waals surface area contributed by atoms with Gasteiger partial charge >= 0.3 is 5.97 Å².